The maximum absolute atomic E-state index is 14.1. The van der Waals surface area contributed by atoms with Gasteiger partial charge in [0.05, 0.1) is 55.7 Å². The number of hydrogen-bond donors (Lipinski definition) is 0. The molecule has 0 N–H and O–H groups in total. The molecule has 12 heteroatoms. The summed E-state index contributed by atoms with van der Waals surface area (Å²) in [4.78, 5) is 0. The van der Waals surface area contributed by atoms with E-state index in [4.69, 9.17) is 0 Å². The molecule has 0 radical (unpaired) electrons. The Morgan fingerprint density at radius 3 is 1.38 bits per heavy atom. The molecular formula is C40H20F9N3. The van der Waals surface area contributed by atoms with Crippen molar-refractivity contribution in [1.29, 1.82) is 5.26 Å². The normalized spacial score (nSPS) is 12.7. The molecule has 0 bridgehead atoms. The van der Waals surface area contributed by atoms with Crippen LogP contribution in [0.5, 0.6) is 0 Å². The predicted octanol–water partition coefficient (Wildman–Crippen LogP) is 12.5. The topological polar surface area (TPSA) is 33.6 Å². The number of alkyl halides is 9. The number of para-hydroxylation sites is 2. The molecule has 52 heavy (non-hydrogen) atoms. The maximum atomic E-state index is 14.1. The van der Waals surface area contributed by atoms with Crippen molar-refractivity contribution in [3.63, 3.8) is 0 Å². The lowest BCUT2D eigenvalue weighted by atomic mass is 9.97. The summed E-state index contributed by atoms with van der Waals surface area (Å²) in [6.45, 7) is 0. The van der Waals surface area contributed by atoms with Gasteiger partial charge in [-0.2, -0.15) is 44.8 Å². The molecule has 0 atom stereocenters. The van der Waals surface area contributed by atoms with Crippen LogP contribution in [0.3, 0.4) is 0 Å². The molecule has 0 spiro atoms. The average Bonchev–Trinajstić information content (AvgIpc) is 3.62. The van der Waals surface area contributed by atoms with E-state index in [-0.39, 0.29) is 39.1 Å². The van der Waals surface area contributed by atoms with Gasteiger partial charge in [-0.05, 0) is 66.2 Å². The van der Waals surface area contributed by atoms with Crippen molar-refractivity contribution in [3.8, 4) is 28.6 Å². The highest BCUT2D eigenvalue weighted by Gasteiger charge is 2.34. The molecule has 2 aromatic heterocycles. The number of benzene rings is 6. The SMILES string of the molecule is N#Cc1cc(-n2c3ccccc3c3ccc(C(F)(F)F)cc32)c(-c2cccc(C(F)(F)F)c2)cc1-n1c2ccccc2c2ccc(C(F)(F)F)cc21. The third kappa shape index (κ3) is 5.23. The second-order valence-electron chi connectivity index (χ2n) is 12.2. The fraction of sp³-hybridized carbons (Fsp3) is 0.0750. The largest absolute Gasteiger partial charge is 0.416 e. The van der Waals surface area contributed by atoms with E-state index in [2.05, 4.69) is 6.07 Å². The van der Waals surface area contributed by atoms with Gasteiger partial charge in [0.1, 0.15) is 6.07 Å². The van der Waals surface area contributed by atoms with Gasteiger partial charge in [-0.3, -0.25) is 0 Å². The summed E-state index contributed by atoms with van der Waals surface area (Å²) < 4.78 is 129. The van der Waals surface area contributed by atoms with E-state index in [0.29, 0.717) is 32.6 Å². The lowest BCUT2D eigenvalue weighted by Crippen LogP contribution is -2.08. The van der Waals surface area contributed by atoms with Crippen LogP contribution in [0, 0.1) is 11.3 Å². The van der Waals surface area contributed by atoms with E-state index in [1.807, 2.05) is 0 Å². The van der Waals surface area contributed by atoms with Gasteiger partial charge in [0, 0.05) is 27.1 Å². The van der Waals surface area contributed by atoms with Crippen molar-refractivity contribution in [2.45, 2.75) is 18.5 Å². The first-order valence-electron chi connectivity index (χ1n) is 15.6. The Kier molecular flexibility index (Phi) is 7.22. The minimum absolute atomic E-state index is 0.00483. The van der Waals surface area contributed by atoms with Gasteiger partial charge >= 0.3 is 18.5 Å². The zero-order chi connectivity index (χ0) is 36.7. The molecule has 0 saturated heterocycles. The number of rotatable bonds is 3. The summed E-state index contributed by atoms with van der Waals surface area (Å²) in [5.41, 5.74) is -1.80. The number of hydrogen-bond acceptors (Lipinski definition) is 1. The zero-order valence-corrected chi connectivity index (χ0v) is 26.3. The van der Waals surface area contributed by atoms with Crippen LogP contribution in [0.15, 0.2) is 121 Å². The summed E-state index contributed by atoms with van der Waals surface area (Å²) >= 11 is 0. The summed E-state index contributed by atoms with van der Waals surface area (Å²) in [6.07, 6.45) is -14.2. The molecule has 3 nitrogen and oxygen atoms in total. The van der Waals surface area contributed by atoms with Crippen LogP contribution >= 0.6 is 0 Å². The fourth-order valence-corrected chi connectivity index (χ4v) is 6.94. The number of nitriles is 1. The van der Waals surface area contributed by atoms with E-state index in [0.717, 1.165) is 36.4 Å². The minimum Gasteiger partial charge on any atom is -0.309 e. The second kappa shape index (κ2) is 11.4. The Morgan fingerprint density at radius 2 is 0.885 bits per heavy atom. The Bertz CT molecular complexity index is 2770. The summed E-state index contributed by atoms with van der Waals surface area (Å²) in [5, 5.41) is 12.6. The number of fused-ring (bicyclic) bond motifs is 6. The predicted molar refractivity (Wildman–Crippen MR) is 180 cm³/mol. The van der Waals surface area contributed by atoms with Crippen molar-refractivity contribution < 1.29 is 39.5 Å². The first kappa shape index (κ1) is 33.0. The smallest absolute Gasteiger partial charge is 0.309 e. The molecule has 0 aliphatic heterocycles. The molecule has 0 aliphatic carbocycles. The van der Waals surface area contributed by atoms with Crippen molar-refractivity contribution in [2.75, 3.05) is 0 Å². The quantitative estimate of drug-likeness (QED) is 0.168. The van der Waals surface area contributed by atoms with Gasteiger partial charge in [-0.15, -0.1) is 0 Å². The average molecular weight is 714 g/mol. The van der Waals surface area contributed by atoms with Gasteiger partial charge in [-0.25, -0.2) is 0 Å². The molecule has 258 valence electrons. The third-order valence-electron chi connectivity index (χ3n) is 9.22. The van der Waals surface area contributed by atoms with Crippen molar-refractivity contribution in [1.82, 2.24) is 9.13 Å². The van der Waals surface area contributed by atoms with Gasteiger partial charge in [0.15, 0.2) is 0 Å². The summed E-state index contributed by atoms with van der Waals surface area (Å²) in [7, 11) is 0. The molecule has 8 rings (SSSR count). The van der Waals surface area contributed by atoms with E-state index in [1.54, 1.807) is 48.5 Å². The van der Waals surface area contributed by atoms with E-state index in [9.17, 15) is 44.8 Å². The van der Waals surface area contributed by atoms with Crippen LogP contribution in [-0.2, 0) is 18.5 Å². The molecule has 0 saturated carbocycles. The van der Waals surface area contributed by atoms with Crippen molar-refractivity contribution in [3.05, 3.63) is 144 Å². The van der Waals surface area contributed by atoms with E-state index < -0.39 is 35.2 Å². The zero-order valence-electron chi connectivity index (χ0n) is 26.3. The highest BCUT2D eigenvalue weighted by molar-refractivity contribution is 6.11. The molecule has 2 heterocycles. The number of halogens is 9. The maximum Gasteiger partial charge on any atom is 0.416 e. The lowest BCUT2D eigenvalue weighted by Gasteiger charge is -2.20. The van der Waals surface area contributed by atoms with Crippen LogP contribution in [0.2, 0.25) is 0 Å². The monoisotopic (exact) mass is 713 g/mol. The molecule has 0 aliphatic rings. The van der Waals surface area contributed by atoms with Gasteiger partial charge in [0.2, 0.25) is 0 Å². The molecule has 0 fully saturated rings. The van der Waals surface area contributed by atoms with Gasteiger partial charge in [-0.1, -0.05) is 60.7 Å². The van der Waals surface area contributed by atoms with Crippen LogP contribution in [-0.4, -0.2) is 9.13 Å². The highest BCUT2D eigenvalue weighted by Crippen LogP contribution is 2.44. The minimum atomic E-state index is -4.76. The van der Waals surface area contributed by atoms with Crippen LogP contribution < -0.4 is 0 Å². The number of nitrogens with zero attached hydrogens (tertiary/aromatic N) is 3. The summed E-state index contributed by atoms with van der Waals surface area (Å²) in [6, 6.07) is 29.0. The first-order chi connectivity index (χ1) is 24.6. The van der Waals surface area contributed by atoms with Gasteiger partial charge < -0.3 is 9.13 Å². The molecule has 0 unspecified atom stereocenters. The summed E-state index contributed by atoms with van der Waals surface area (Å²) in [5.74, 6) is 0. The van der Waals surface area contributed by atoms with Crippen LogP contribution in [0.4, 0.5) is 39.5 Å². The fourth-order valence-electron chi connectivity index (χ4n) is 6.94. The molecule has 8 aromatic rings. The Labute approximate surface area is 288 Å². The molecule has 0 amide bonds. The van der Waals surface area contributed by atoms with Crippen LogP contribution in [0.25, 0.3) is 66.1 Å². The standard InChI is InChI=1S/C40H20F9N3/c41-38(42,43)24-7-5-6-22(16-24)31-20-34(51-32-10-3-1-8-27(32)29-14-12-25(18-36(29)51)39(44,45)46)23(21-50)17-35(31)52-33-11-4-2-9-28(33)30-15-13-26(19-37(30)52)40(47,48)49/h1-20H. The van der Waals surface area contributed by atoms with E-state index in [1.165, 1.54) is 45.5 Å². The Balaban J connectivity index is 1.54. The Morgan fingerprint density at radius 1 is 0.423 bits per heavy atom. The Hall–Kier alpha value is -6.22. The first-order valence-corrected chi connectivity index (χ1v) is 15.6. The molecular weight excluding hydrogens is 693 g/mol. The van der Waals surface area contributed by atoms with Crippen molar-refractivity contribution in [2.24, 2.45) is 0 Å². The van der Waals surface area contributed by atoms with Crippen LogP contribution in [0.1, 0.15) is 22.3 Å². The van der Waals surface area contributed by atoms with E-state index >= 15 is 0 Å². The molecule has 6 aromatic carbocycles. The number of aromatic nitrogens is 2. The van der Waals surface area contributed by atoms with Gasteiger partial charge in [0.25, 0.3) is 0 Å². The van der Waals surface area contributed by atoms with Crippen molar-refractivity contribution >= 4 is 43.6 Å². The lowest BCUT2D eigenvalue weighted by molar-refractivity contribution is -0.138. The third-order valence-corrected chi connectivity index (χ3v) is 9.22. The second-order valence-corrected chi connectivity index (χ2v) is 12.2. The highest BCUT2D eigenvalue weighted by atomic mass is 19.4.